The first-order valence-corrected chi connectivity index (χ1v) is 1.59. The fourth-order valence-corrected chi connectivity index (χ4v) is 0.113. The van der Waals surface area contributed by atoms with Crippen molar-refractivity contribution in [1.29, 1.82) is 0 Å². The molecule has 0 saturated carbocycles. The van der Waals surface area contributed by atoms with Crippen molar-refractivity contribution in [2.24, 2.45) is 0 Å². The van der Waals surface area contributed by atoms with Crippen LogP contribution in [0, 0.1) is 12.3 Å². The van der Waals surface area contributed by atoms with Gasteiger partial charge in [0.2, 0.25) is 0 Å². The van der Waals surface area contributed by atoms with Gasteiger partial charge in [-0.3, -0.25) is 0 Å². The van der Waals surface area contributed by atoms with Crippen molar-refractivity contribution in [2.45, 2.75) is 0 Å². The first-order chi connectivity index (χ1) is 2.91. The van der Waals surface area contributed by atoms with Gasteiger partial charge in [0.25, 0.3) is 0 Å². The molecule has 0 aliphatic heterocycles. The van der Waals surface area contributed by atoms with Crippen LogP contribution in [0.25, 0.3) is 0 Å². The molecule has 0 aliphatic rings. The monoisotopic (exact) mass is 84.0 g/mol. The molecule has 6 heavy (non-hydrogen) atoms. The van der Waals surface area contributed by atoms with Gasteiger partial charge >= 0.3 is 0 Å². The number of hydrogen-bond donors (Lipinski definition) is 0. The first-order valence-electron chi connectivity index (χ1n) is 1.59. The average Bonchev–Trinajstić information content (AvgIpc) is 1.61. The molecule has 0 N–H and O–H groups in total. The number of alkyl halides is 1. The van der Waals surface area contributed by atoms with E-state index in [2.05, 4.69) is 5.92 Å². The van der Waals surface area contributed by atoms with Gasteiger partial charge in [-0.25, -0.2) is 4.39 Å². The smallest absolute Gasteiger partial charge is 0.109 e. The summed E-state index contributed by atoms with van der Waals surface area (Å²) in [6.45, 7) is -0.468. The Kier molecular flexibility index (Phi) is 3.69. The molecule has 0 atom stereocenters. The lowest BCUT2D eigenvalue weighted by molar-refractivity contribution is 0.562. The summed E-state index contributed by atoms with van der Waals surface area (Å²) in [6, 6.07) is 0. The summed E-state index contributed by atoms with van der Waals surface area (Å²) in [4.78, 5) is 0. The van der Waals surface area contributed by atoms with E-state index in [9.17, 15) is 4.39 Å². The average molecular weight is 84.1 g/mol. The maximum atomic E-state index is 11.0. The Hall–Kier alpha value is -0.770. The number of terminal acetylenes is 1. The fourth-order valence-electron chi connectivity index (χ4n) is 0.113. The molecule has 0 unspecified atom stereocenters. The third kappa shape index (κ3) is 3.23. The van der Waals surface area contributed by atoms with Crippen LogP contribution in [0.5, 0.6) is 0 Å². The molecular weight excluding hydrogens is 79.1 g/mol. The van der Waals surface area contributed by atoms with Crippen molar-refractivity contribution in [3.8, 4) is 12.3 Å². The molecule has 0 nitrogen and oxygen atoms in total. The van der Waals surface area contributed by atoms with Crippen LogP contribution >= 0.6 is 0 Å². The number of halogens is 1. The summed E-state index contributed by atoms with van der Waals surface area (Å²) in [5.41, 5.74) is 0. The Balaban J connectivity index is 3.02. The van der Waals surface area contributed by atoms with Crippen molar-refractivity contribution in [3.05, 3.63) is 12.2 Å². The second-order valence-electron chi connectivity index (χ2n) is 0.723. The van der Waals surface area contributed by atoms with Gasteiger partial charge < -0.3 is 0 Å². The van der Waals surface area contributed by atoms with E-state index in [1.165, 1.54) is 12.2 Å². The molecule has 0 bridgehead atoms. The van der Waals surface area contributed by atoms with E-state index in [1.54, 1.807) is 0 Å². The minimum Gasteiger partial charge on any atom is -0.247 e. The Bertz CT molecular complexity index is 76.4. The van der Waals surface area contributed by atoms with Crippen LogP contribution in [-0.2, 0) is 0 Å². The Morgan fingerprint density at radius 1 is 1.83 bits per heavy atom. The number of hydrogen-bond acceptors (Lipinski definition) is 0. The predicted octanol–water partition coefficient (Wildman–Crippen LogP) is 1.15. The van der Waals surface area contributed by atoms with Gasteiger partial charge in [-0.15, -0.1) is 6.42 Å². The standard InChI is InChI=1S/C5H5F/c1-2-3-4-5-6/h1,3-4H,5H2. The summed E-state index contributed by atoms with van der Waals surface area (Å²) < 4.78 is 11.0. The molecule has 0 saturated heterocycles. The zero-order valence-corrected chi connectivity index (χ0v) is 3.32. The van der Waals surface area contributed by atoms with E-state index in [-0.39, 0.29) is 0 Å². The summed E-state index contributed by atoms with van der Waals surface area (Å²) >= 11 is 0. The van der Waals surface area contributed by atoms with Gasteiger partial charge in [0.05, 0.1) is 0 Å². The van der Waals surface area contributed by atoms with E-state index in [1.807, 2.05) is 0 Å². The van der Waals surface area contributed by atoms with E-state index < -0.39 is 6.67 Å². The van der Waals surface area contributed by atoms with Gasteiger partial charge in [0, 0.05) is 0 Å². The van der Waals surface area contributed by atoms with E-state index >= 15 is 0 Å². The third-order valence-corrected chi connectivity index (χ3v) is 0.303. The van der Waals surface area contributed by atoms with Gasteiger partial charge in [0.1, 0.15) is 6.67 Å². The molecule has 0 aliphatic carbocycles. The molecular formula is C5H5F. The normalized spacial score (nSPS) is 8.67. The Morgan fingerprint density at radius 3 is 2.67 bits per heavy atom. The molecule has 0 amide bonds. The van der Waals surface area contributed by atoms with Crippen LogP contribution in [0.2, 0.25) is 0 Å². The fraction of sp³-hybridized carbons (Fsp3) is 0.200. The predicted molar refractivity (Wildman–Crippen MR) is 23.9 cm³/mol. The van der Waals surface area contributed by atoms with Crippen molar-refractivity contribution >= 4 is 0 Å². The van der Waals surface area contributed by atoms with E-state index in [0.717, 1.165) is 0 Å². The topological polar surface area (TPSA) is 0 Å². The molecule has 0 fully saturated rings. The van der Waals surface area contributed by atoms with Gasteiger partial charge in [-0.05, 0) is 12.2 Å². The highest BCUT2D eigenvalue weighted by Crippen LogP contribution is 1.68. The molecule has 0 aromatic rings. The zero-order valence-electron chi connectivity index (χ0n) is 3.32. The summed E-state index contributed by atoms with van der Waals surface area (Å²) in [6.07, 6.45) is 7.32. The van der Waals surface area contributed by atoms with Gasteiger partial charge in [-0.2, -0.15) is 0 Å². The Morgan fingerprint density at radius 2 is 2.50 bits per heavy atom. The molecule has 0 heterocycles. The maximum Gasteiger partial charge on any atom is 0.109 e. The number of rotatable bonds is 1. The van der Waals surface area contributed by atoms with Crippen LogP contribution < -0.4 is 0 Å². The molecule has 0 rings (SSSR count). The lowest BCUT2D eigenvalue weighted by atomic mass is 10.5. The highest BCUT2D eigenvalue weighted by atomic mass is 19.1. The second-order valence-corrected chi connectivity index (χ2v) is 0.723. The molecule has 32 valence electrons. The van der Waals surface area contributed by atoms with Crippen molar-refractivity contribution in [3.63, 3.8) is 0 Å². The van der Waals surface area contributed by atoms with Crippen LogP contribution in [0.4, 0.5) is 4.39 Å². The van der Waals surface area contributed by atoms with E-state index in [0.29, 0.717) is 0 Å². The van der Waals surface area contributed by atoms with Crippen LogP contribution in [0.15, 0.2) is 12.2 Å². The van der Waals surface area contributed by atoms with Crippen LogP contribution in [-0.4, -0.2) is 6.67 Å². The molecule has 0 aromatic carbocycles. The summed E-state index contributed by atoms with van der Waals surface area (Å²) in [5.74, 6) is 2.15. The van der Waals surface area contributed by atoms with Crippen molar-refractivity contribution < 1.29 is 4.39 Å². The lowest BCUT2D eigenvalue weighted by Gasteiger charge is -1.62. The molecule has 0 radical (unpaired) electrons. The highest BCUT2D eigenvalue weighted by molar-refractivity contribution is 5.08. The first kappa shape index (κ1) is 5.23. The minimum absolute atomic E-state index is 0.468. The lowest BCUT2D eigenvalue weighted by Crippen LogP contribution is -1.55. The SMILES string of the molecule is C#CC=CCF. The maximum absolute atomic E-state index is 11.0. The Labute approximate surface area is 36.7 Å². The minimum atomic E-state index is -0.468. The van der Waals surface area contributed by atoms with E-state index in [4.69, 9.17) is 6.42 Å². The quantitative estimate of drug-likeness (QED) is 0.418. The largest absolute Gasteiger partial charge is 0.247 e. The summed E-state index contributed by atoms with van der Waals surface area (Å²) in [7, 11) is 0. The van der Waals surface area contributed by atoms with Gasteiger partial charge in [0.15, 0.2) is 0 Å². The molecule has 0 aromatic heterocycles. The second kappa shape index (κ2) is 4.23. The zero-order chi connectivity index (χ0) is 4.83. The van der Waals surface area contributed by atoms with Crippen LogP contribution in [0.1, 0.15) is 0 Å². The molecule has 1 heteroatoms. The highest BCUT2D eigenvalue weighted by Gasteiger charge is 1.58. The molecule has 0 spiro atoms. The van der Waals surface area contributed by atoms with Crippen molar-refractivity contribution in [1.82, 2.24) is 0 Å². The number of allylic oxidation sites excluding steroid dienone is 2. The van der Waals surface area contributed by atoms with Crippen LogP contribution in [0.3, 0.4) is 0 Å². The third-order valence-electron chi connectivity index (χ3n) is 0.303. The van der Waals surface area contributed by atoms with Crippen molar-refractivity contribution in [2.75, 3.05) is 6.67 Å². The van der Waals surface area contributed by atoms with Gasteiger partial charge in [-0.1, -0.05) is 5.92 Å². The summed E-state index contributed by atoms with van der Waals surface area (Å²) in [5, 5.41) is 0.